The molecule has 1 saturated carbocycles. The molecule has 2 atom stereocenters. The number of hydrogen-bond donors (Lipinski definition) is 2. The van der Waals surface area contributed by atoms with Gasteiger partial charge in [-0.05, 0) is 31.1 Å². The predicted molar refractivity (Wildman–Crippen MR) is 71.6 cm³/mol. The molecule has 3 heteroatoms. The maximum Gasteiger partial charge on any atom is 0.223 e. The molecule has 1 fully saturated rings. The summed E-state index contributed by atoms with van der Waals surface area (Å²) in [5, 5.41) is 3.05. The molecule has 0 aromatic rings. The van der Waals surface area contributed by atoms with E-state index in [4.69, 9.17) is 5.73 Å². The zero-order valence-corrected chi connectivity index (χ0v) is 11.6. The lowest BCUT2D eigenvalue weighted by molar-refractivity contribution is -0.130. The summed E-state index contributed by atoms with van der Waals surface area (Å²) in [4.78, 5) is 12.1. The molecule has 0 heterocycles. The first-order valence-corrected chi connectivity index (χ1v) is 7.00. The van der Waals surface area contributed by atoms with E-state index in [0.29, 0.717) is 0 Å². The van der Waals surface area contributed by atoms with Crippen LogP contribution in [0.4, 0.5) is 0 Å². The Morgan fingerprint density at radius 1 is 1.47 bits per heavy atom. The minimum atomic E-state index is 0.162. The van der Waals surface area contributed by atoms with Gasteiger partial charge < -0.3 is 11.1 Å². The first-order valence-electron chi connectivity index (χ1n) is 7.00. The third-order valence-corrected chi connectivity index (χ3v) is 4.16. The predicted octanol–water partition coefficient (Wildman–Crippen LogP) is 2.45. The second kappa shape index (κ2) is 6.39. The molecule has 2 unspecified atom stereocenters. The molecule has 0 aromatic heterocycles. The van der Waals surface area contributed by atoms with E-state index >= 15 is 0 Å². The molecule has 1 aliphatic rings. The smallest absolute Gasteiger partial charge is 0.223 e. The number of carbonyl (C=O) groups excluding carboxylic acids is 1. The van der Waals surface area contributed by atoms with Crippen molar-refractivity contribution >= 4 is 5.91 Å². The van der Waals surface area contributed by atoms with Gasteiger partial charge in [0.1, 0.15) is 0 Å². The monoisotopic (exact) mass is 240 g/mol. The lowest BCUT2D eigenvalue weighted by atomic mass is 9.68. The van der Waals surface area contributed by atoms with Crippen molar-refractivity contribution in [3.8, 4) is 0 Å². The second-order valence-electron chi connectivity index (χ2n) is 6.03. The van der Waals surface area contributed by atoms with Gasteiger partial charge in [0.15, 0.2) is 0 Å². The SMILES string of the molecule is CCC(N)CCNC(=O)C1CCCCC1(C)C. The van der Waals surface area contributed by atoms with E-state index in [1.54, 1.807) is 0 Å². The largest absolute Gasteiger partial charge is 0.356 e. The van der Waals surface area contributed by atoms with Gasteiger partial charge in [-0.15, -0.1) is 0 Å². The summed E-state index contributed by atoms with van der Waals surface area (Å²) in [6, 6.07) is 0.217. The summed E-state index contributed by atoms with van der Waals surface area (Å²) in [5.74, 6) is 0.423. The normalized spacial score (nSPS) is 25.3. The Balaban J connectivity index is 2.36. The van der Waals surface area contributed by atoms with E-state index in [1.807, 2.05) is 0 Å². The number of nitrogens with two attached hydrogens (primary N) is 1. The van der Waals surface area contributed by atoms with Crippen molar-refractivity contribution in [1.82, 2.24) is 5.32 Å². The first-order chi connectivity index (χ1) is 7.97. The zero-order chi connectivity index (χ0) is 12.9. The van der Waals surface area contributed by atoms with E-state index in [1.165, 1.54) is 19.3 Å². The molecule has 0 radical (unpaired) electrons. The molecule has 0 saturated heterocycles. The van der Waals surface area contributed by atoms with E-state index in [0.717, 1.165) is 25.8 Å². The van der Waals surface area contributed by atoms with Gasteiger partial charge in [-0.1, -0.05) is 33.6 Å². The summed E-state index contributed by atoms with van der Waals surface area (Å²) in [6.45, 7) is 7.24. The Morgan fingerprint density at radius 3 is 2.76 bits per heavy atom. The Hall–Kier alpha value is -0.570. The van der Waals surface area contributed by atoms with Crippen LogP contribution in [0.3, 0.4) is 0 Å². The molecular formula is C14H28N2O. The summed E-state index contributed by atoms with van der Waals surface area (Å²) in [7, 11) is 0. The molecule has 3 N–H and O–H groups in total. The number of hydrogen-bond acceptors (Lipinski definition) is 2. The molecule has 100 valence electrons. The summed E-state index contributed by atoms with van der Waals surface area (Å²) in [5.41, 5.74) is 6.00. The molecule has 0 aromatic carbocycles. The topological polar surface area (TPSA) is 55.1 Å². The first kappa shape index (κ1) is 14.5. The summed E-state index contributed by atoms with van der Waals surface area (Å²) in [6.07, 6.45) is 6.52. The average molecular weight is 240 g/mol. The maximum absolute atomic E-state index is 12.1. The van der Waals surface area contributed by atoms with E-state index in [2.05, 4.69) is 26.1 Å². The molecule has 3 nitrogen and oxygen atoms in total. The average Bonchev–Trinajstić information content (AvgIpc) is 2.27. The lowest BCUT2D eigenvalue weighted by Gasteiger charge is -2.37. The molecule has 1 aliphatic carbocycles. The fourth-order valence-electron chi connectivity index (χ4n) is 2.69. The van der Waals surface area contributed by atoms with Crippen LogP contribution in [0, 0.1) is 11.3 Å². The Bertz CT molecular complexity index is 251. The van der Waals surface area contributed by atoms with Gasteiger partial charge in [-0.2, -0.15) is 0 Å². The van der Waals surface area contributed by atoms with Crippen molar-refractivity contribution < 1.29 is 4.79 Å². The minimum Gasteiger partial charge on any atom is -0.356 e. The van der Waals surface area contributed by atoms with Crippen molar-refractivity contribution in [1.29, 1.82) is 0 Å². The molecular weight excluding hydrogens is 212 g/mol. The summed E-state index contributed by atoms with van der Waals surface area (Å²) < 4.78 is 0. The number of amides is 1. The van der Waals surface area contributed by atoms with Gasteiger partial charge in [0.2, 0.25) is 5.91 Å². The quantitative estimate of drug-likeness (QED) is 0.775. The summed E-state index contributed by atoms with van der Waals surface area (Å²) >= 11 is 0. The number of rotatable bonds is 5. The second-order valence-corrected chi connectivity index (χ2v) is 6.03. The fourth-order valence-corrected chi connectivity index (χ4v) is 2.69. The van der Waals surface area contributed by atoms with E-state index < -0.39 is 0 Å². The zero-order valence-electron chi connectivity index (χ0n) is 11.6. The fraction of sp³-hybridized carbons (Fsp3) is 0.929. The van der Waals surface area contributed by atoms with Crippen molar-refractivity contribution in [3.63, 3.8) is 0 Å². The van der Waals surface area contributed by atoms with Crippen LogP contribution in [0.25, 0.3) is 0 Å². The Kier molecular flexibility index (Phi) is 5.44. The molecule has 1 amide bonds. The highest BCUT2D eigenvalue weighted by atomic mass is 16.1. The number of nitrogens with one attached hydrogen (secondary N) is 1. The highest BCUT2D eigenvalue weighted by molar-refractivity contribution is 5.79. The molecule has 0 spiro atoms. The van der Waals surface area contributed by atoms with Gasteiger partial charge in [-0.3, -0.25) is 4.79 Å². The highest BCUT2D eigenvalue weighted by Crippen LogP contribution is 2.40. The van der Waals surface area contributed by atoms with Crippen LogP contribution in [0.15, 0.2) is 0 Å². The maximum atomic E-state index is 12.1. The van der Waals surface area contributed by atoms with Crippen LogP contribution in [0.1, 0.15) is 59.3 Å². The van der Waals surface area contributed by atoms with Crippen molar-refractivity contribution in [2.24, 2.45) is 17.1 Å². The molecule has 0 bridgehead atoms. The third kappa shape index (κ3) is 4.30. The van der Waals surface area contributed by atoms with Gasteiger partial charge in [0, 0.05) is 18.5 Å². The van der Waals surface area contributed by atoms with Crippen molar-refractivity contribution in [2.75, 3.05) is 6.54 Å². The molecule has 1 rings (SSSR count). The van der Waals surface area contributed by atoms with Crippen LogP contribution in [0.5, 0.6) is 0 Å². The van der Waals surface area contributed by atoms with Crippen LogP contribution in [-0.2, 0) is 4.79 Å². The van der Waals surface area contributed by atoms with Crippen LogP contribution >= 0.6 is 0 Å². The van der Waals surface area contributed by atoms with Crippen molar-refractivity contribution in [2.45, 2.75) is 65.3 Å². The number of carbonyl (C=O) groups is 1. The standard InChI is InChI=1S/C14H28N2O/c1-4-11(15)8-10-16-13(17)12-7-5-6-9-14(12,2)3/h11-12H,4-10,15H2,1-3H3,(H,16,17). The van der Waals surface area contributed by atoms with Gasteiger partial charge >= 0.3 is 0 Å². The van der Waals surface area contributed by atoms with Crippen LogP contribution in [-0.4, -0.2) is 18.5 Å². The van der Waals surface area contributed by atoms with Gasteiger partial charge in [-0.25, -0.2) is 0 Å². The van der Waals surface area contributed by atoms with Crippen molar-refractivity contribution in [3.05, 3.63) is 0 Å². The van der Waals surface area contributed by atoms with E-state index in [-0.39, 0.29) is 23.3 Å². The molecule has 0 aliphatic heterocycles. The van der Waals surface area contributed by atoms with Gasteiger partial charge in [0.25, 0.3) is 0 Å². The Morgan fingerprint density at radius 2 is 2.18 bits per heavy atom. The van der Waals surface area contributed by atoms with Crippen LogP contribution in [0.2, 0.25) is 0 Å². The van der Waals surface area contributed by atoms with E-state index in [9.17, 15) is 4.79 Å². The van der Waals surface area contributed by atoms with Crippen LogP contribution < -0.4 is 11.1 Å². The minimum absolute atomic E-state index is 0.162. The Labute approximate surface area is 106 Å². The van der Waals surface area contributed by atoms with Gasteiger partial charge in [0.05, 0.1) is 0 Å². The lowest BCUT2D eigenvalue weighted by Crippen LogP contribution is -2.42. The highest BCUT2D eigenvalue weighted by Gasteiger charge is 2.36. The molecule has 17 heavy (non-hydrogen) atoms. The third-order valence-electron chi connectivity index (χ3n) is 4.16.